The van der Waals surface area contributed by atoms with E-state index in [1.54, 1.807) is 0 Å². The highest BCUT2D eigenvalue weighted by atomic mass is 16.4. The molecule has 15 heavy (non-hydrogen) atoms. The molecule has 1 unspecified atom stereocenters. The molecule has 0 bridgehead atoms. The fraction of sp³-hybridized carbons (Fsp3) is 0.917. The third-order valence-corrected chi connectivity index (χ3v) is 3.91. The van der Waals surface area contributed by atoms with E-state index in [1.807, 2.05) is 0 Å². The van der Waals surface area contributed by atoms with E-state index in [-0.39, 0.29) is 5.92 Å². The van der Waals surface area contributed by atoms with E-state index in [0.717, 1.165) is 32.1 Å². The highest BCUT2D eigenvalue weighted by Crippen LogP contribution is 2.28. The minimum Gasteiger partial charge on any atom is -0.481 e. The summed E-state index contributed by atoms with van der Waals surface area (Å²) < 4.78 is 0. The van der Waals surface area contributed by atoms with E-state index in [2.05, 4.69) is 25.8 Å². The molecule has 0 aromatic heterocycles. The van der Waals surface area contributed by atoms with Crippen molar-refractivity contribution in [1.82, 2.24) is 4.90 Å². The standard InChI is InChI=1S/C12H23NO2/c1-4-9(2)13(3)11-7-5-10(6-8-11)12(14)15/h9-11H,4-8H2,1-3H3,(H,14,15). The zero-order valence-electron chi connectivity index (χ0n) is 10.1. The lowest BCUT2D eigenvalue weighted by atomic mass is 9.85. The Morgan fingerprint density at radius 1 is 1.40 bits per heavy atom. The second kappa shape index (κ2) is 5.50. The summed E-state index contributed by atoms with van der Waals surface area (Å²) in [6, 6.07) is 1.20. The topological polar surface area (TPSA) is 40.5 Å². The number of carboxylic acid groups (broad SMARTS) is 1. The molecule has 1 rings (SSSR count). The van der Waals surface area contributed by atoms with Gasteiger partial charge in [0.25, 0.3) is 0 Å². The van der Waals surface area contributed by atoms with Gasteiger partial charge >= 0.3 is 5.97 Å². The second-order valence-corrected chi connectivity index (χ2v) is 4.77. The predicted molar refractivity (Wildman–Crippen MR) is 60.9 cm³/mol. The van der Waals surface area contributed by atoms with Crippen molar-refractivity contribution in [1.29, 1.82) is 0 Å². The van der Waals surface area contributed by atoms with E-state index in [9.17, 15) is 4.79 Å². The zero-order chi connectivity index (χ0) is 11.4. The first-order valence-corrected chi connectivity index (χ1v) is 6.01. The molecule has 0 spiro atoms. The summed E-state index contributed by atoms with van der Waals surface area (Å²) in [7, 11) is 2.17. The van der Waals surface area contributed by atoms with Crippen LogP contribution in [0.15, 0.2) is 0 Å². The van der Waals surface area contributed by atoms with Crippen molar-refractivity contribution in [3.8, 4) is 0 Å². The molecule has 1 aliphatic rings. The minimum absolute atomic E-state index is 0.0911. The SMILES string of the molecule is CCC(C)N(C)C1CCC(C(=O)O)CC1. The van der Waals surface area contributed by atoms with Gasteiger partial charge in [0.1, 0.15) is 0 Å². The molecule has 0 amide bonds. The van der Waals surface area contributed by atoms with Gasteiger partial charge in [0.05, 0.1) is 5.92 Å². The molecular weight excluding hydrogens is 190 g/mol. The van der Waals surface area contributed by atoms with Gasteiger partial charge in [-0.1, -0.05) is 6.92 Å². The van der Waals surface area contributed by atoms with Crippen molar-refractivity contribution in [2.75, 3.05) is 7.05 Å². The fourth-order valence-electron chi connectivity index (χ4n) is 2.38. The fourth-order valence-corrected chi connectivity index (χ4v) is 2.38. The smallest absolute Gasteiger partial charge is 0.306 e. The molecule has 1 aliphatic carbocycles. The lowest BCUT2D eigenvalue weighted by Gasteiger charge is -2.36. The average molecular weight is 213 g/mol. The molecule has 0 saturated heterocycles. The number of rotatable bonds is 4. The molecule has 88 valence electrons. The van der Waals surface area contributed by atoms with Gasteiger partial charge in [0.15, 0.2) is 0 Å². The van der Waals surface area contributed by atoms with E-state index >= 15 is 0 Å². The minimum atomic E-state index is -0.611. The molecule has 1 fully saturated rings. The Hall–Kier alpha value is -0.570. The van der Waals surface area contributed by atoms with Gasteiger partial charge in [-0.3, -0.25) is 4.79 Å². The Balaban J connectivity index is 2.40. The Bertz CT molecular complexity index is 210. The van der Waals surface area contributed by atoms with Gasteiger partial charge < -0.3 is 10.0 Å². The highest BCUT2D eigenvalue weighted by Gasteiger charge is 2.28. The van der Waals surface area contributed by atoms with Crippen molar-refractivity contribution < 1.29 is 9.90 Å². The monoisotopic (exact) mass is 213 g/mol. The van der Waals surface area contributed by atoms with Gasteiger partial charge in [-0.05, 0) is 46.1 Å². The van der Waals surface area contributed by atoms with Crippen LogP contribution in [0.25, 0.3) is 0 Å². The predicted octanol–water partition coefficient (Wildman–Crippen LogP) is 2.36. The van der Waals surface area contributed by atoms with Gasteiger partial charge in [-0.25, -0.2) is 0 Å². The molecule has 0 aromatic carbocycles. The maximum absolute atomic E-state index is 10.8. The Morgan fingerprint density at radius 3 is 2.33 bits per heavy atom. The summed E-state index contributed by atoms with van der Waals surface area (Å²) in [5.74, 6) is -0.703. The quantitative estimate of drug-likeness (QED) is 0.779. The van der Waals surface area contributed by atoms with Crippen LogP contribution in [0.3, 0.4) is 0 Å². The maximum atomic E-state index is 10.8. The first kappa shape index (κ1) is 12.5. The number of carbonyl (C=O) groups is 1. The molecular formula is C12H23NO2. The molecule has 0 aliphatic heterocycles. The largest absolute Gasteiger partial charge is 0.481 e. The van der Waals surface area contributed by atoms with Crippen LogP contribution in [-0.4, -0.2) is 35.1 Å². The first-order chi connectivity index (χ1) is 7.06. The summed E-state index contributed by atoms with van der Waals surface area (Å²) in [6.45, 7) is 4.44. The van der Waals surface area contributed by atoms with Crippen molar-refractivity contribution in [3.63, 3.8) is 0 Å². The van der Waals surface area contributed by atoms with E-state index in [0.29, 0.717) is 12.1 Å². The molecule has 3 nitrogen and oxygen atoms in total. The van der Waals surface area contributed by atoms with Crippen molar-refractivity contribution in [3.05, 3.63) is 0 Å². The highest BCUT2D eigenvalue weighted by molar-refractivity contribution is 5.70. The molecule has 3 heteroatoms. The van der Waals surface area contributed by atoms with Crippen molar-refractivity contribution in [2.24, 2.45) is 5.92 Å². The maximum Gasteiger partial charge on any atom is 0.306 e. The number of hydrogen-bond acceptors (Lipinski definition) is 2. The van der Waals surface area contributed by atoms with Gasteiger partial charge in [0, 0.05) is 12.1 Å². The normalized spacial score (nSPS) is 29.1. The summed E-state index contributed by atoms with van der Waals surface area (Å²) >= 11 is 0. The number of nitrogens with zero attached hydrogens (tertiary/aromatic N) is 1. The van der Waals surface area contributed by atoms with Crippen LogP contribution in [0, 0.1) is 5.92 Å². The summed E-state index contributed by atoms with van der Waals surface area (Å²) in [6.07, 6.45) is 4.94. The second-order valence-electron chi connectivity index (χ2n) is 4.77. The lowest BCUT2D eigenvalue weighted by Crippen LogP contribution is -2.41. The Morgan fingerprint density at radius 2 is 1.93 bits per heavy atom. The van der Waals surface area contributed by atoms with Crippen LogP contribution in [0.4, 0.5) is 0 Å². The third-order valence-electron chi connectivity index (χ3n) is 3.91. The number of hydrogen-bond donors (Lipinski definition) is 1. The van der Waals surface area contributed by atoms with Crippen LogP contribution < -0.4 is 0 Å². The van der Waals surface area contributed by atoms with Gasteiger partial charge in [-0.15, -0.1) is 0 Å². The zero-order valence-corrected chi connectivity index (χ0v) is 10.1. The van der Waals surface area contributed by atoms with Crippen LogP contribution in [0.2, 0.25) is 0 Å². The lowest BCUT2D eigenvalue weighted by molar-refractivity contribution is -0.143. The van der Waals surface area contributed by atoms with Crippen LogP contribution in [-0.2, 0) is 4.79 Å². The van der Waals surface area contributed by atoms with E-state index in [1.165, 1.54) is 0 Å². The molecule has 1 atom stereocenters. The molecule has 1 saturated carbocycles. The van der Waals surface area contributed by atoms with Crippen LogP contribution in [0.5, 0.6) is 0 Å². The summed E-state index contributed by atoms with van der Waals surface area (Å²) in [4.78, 5) is 13.2. The first-order valence-electron chi connectivity index (χ1n) is 6.01. The molecule has 0 aromatic rings. The van der Waals surface area contributed by atoms with Crippen molar-refractivity contribution >= 4 is 5.97 Å². The number of carboxylic acids is 1. The molecule has 1 N–H and O–H groups in total. The molecule has 0 radical (unpaired) electrons. The summed E-state index contributed by atoms with van der Waals surface area (Å²) in [5.41, 5.74) is 0. The summed E-state index contributed by atoms with van der Waals surface area (Å²) in [5, 5.41) is 8.90. The van der Waals surface area contributed by atoms with Crippen molar-refractivity contribution in [2.45, 2.75) is 58.0 Å². The Labute approximate surface area is 92.5 Å². The third kappa shape index (κ3) is 3.20. The van der Waals surface area contributed by atoms with Crippen LogP contribution in [0.1, 0.15) is 46.0 Å². The van der Waals surface area contributed by atoms with E-state index < -0.39 is 5.97 Å². The number of aliphatic carboxylic acids is 1. The van der Waals surface area contributed by atoms with E-state index in [4.69, 9.17) is 5.11 Å². The molecule has 0 heterocycles. The van der Waals surface area contributed by atoms with Gasteiger partial charge in [-0.2, -0.15) is 0 Å². The van der Waals surface area contributed by atoms with Crippen LogP contribution >= 0.6 is 0 Å². The average Bonchev–Trinajstić information content (AvgIpc) is 2.27. The van der Waals surface area contributed by atoms with Gasteiger partial charge in [0.2, 0.25) is 0 Å². The Kier molecular flexibility index (Phi) is 4.58.